The van der Waals surface area contributed by atoms with Crippen molar-refractivity contribution < 1.29 is 19.1 Å². The van der Waals surface area contributed by atoms with Crippen molar-refractivity contribution >= 4 is 34.5 Å². The minimum atomic E-state index is -0.790. The highest BCUT2D eigenvalue weighted by atomic mass is 32.1. The highest BCUT2D eigenvalue weighted by Crippen LogP contribution is 2.33. The minimum Gasteiger partial charge on any atom is -0.497 e. The summed E-state index contributed by atoms with van der Waals surface area (Å²) in [5, 5.41) is 2.82. The van der Waals surface area contributed by atoms with E-state index in [0.717, 1.165) is 11.3 Å². The van der Waals surface area contributed by atoms with Gasteiger partial charge in [0.15, 0.2) is 4.80 Å². The Morgan fingerprint density at radius 2 is 1.91 bits per heavy atom. The Morgan fingerprint density at radius 1 is 1.14 bits per heavy atom. The zero-order valence-electron chi connectivity index (χ0n) is 19.6. The number of nitrogens with one attached hydrogen (secondary N) is 1. The molecule has 0 saturated heterocycles. The van der Waals surface area contributed by atoms with E-state index in [-0.39, 0.29) is 22.1 Å². The van der Waals surface area contributed by atoms with Gasteiger partial charge >= 0.3 is 5.97 Å². The molecule has 9 heteroatoms. The summed E-state index contributed by atoms with van der Waals surface area (Å²) in [5.41, 5.74) is 2.62. The summed E-state index contributed by atoms with van der Waals surface area (Å²) in [6, 6.07) is 13.6. The molecule has 1 atom stereocenters. The number of thiazole rings is 1. The molecule has 8 nitrogen and oxygen atoms in total. The number of rotatable bonds is 4. The number of hydrogen-bond donors (Lipinski definition) is 1. The predicted molar refractivity (Wildman–Crippen MR) is 132 cm³/mol. The van der Waals surface area contributed by atoms with Crippen molar-refractivity contribution in [2.75, 3.05) is 12.4 Å². The molecule has 2 aromatic carbocycles. The van der Waals surface area contributed by atoms with Crippen LogP contribution in [0.25, 0.3) is 5.57 Å². The second kappa shape index (κ2) is 8.66. The van der Waals surface area contributed by atoms with Crippen LogP contribution < -0.4 is 24.9 Å². The van der Waals surface area contributed by atoms with Crippen LogP contribution in [0.4, 0.5) is 5.69 Å². The van der Waals surface area contributed by atoms with E-state index < -0.39 is 17.6 Å². The number of para-hydroxylation sites is 1. The van der Waals surface area contributed by atoms with E-state index in [0.29, 0.717) is 38.6 Å². The number of hydrogen-bond acceptors (Lipinski definition) is 7. The molecule has 1 aromatic heterocycles. The van der Waals surface area contributed by atoms with Crippen molar-refractivity contribution in [1.82, 2.24) is 4.57 Å². The van der Waals surface area contributed by atoms with Gasteiger partial charge in [-0.1, -0.05) is 41.7 Å². The Bertz CT molecular complexity index is 1600. The molecule has 0 saturated carbocycles. The number of fused-ring (bicyclic) bond motifs is 2. The van der Waals surface area contributed by atoms with E-state index in [1.54, 1.807) is 58.2 Å². The van der Waals surface area contributed by atoms with Crippen molar-refractivity contribution in [3.63, 3.8) is 0 Å². The highest BCUT2D eigenvalue weighted by Gasteiger charge is 2.35. The van der Waals surface area contributed by atoms with Gasteiger partial charge in [0.25, 0.3) is 11.5 Å². The standard InChI is InChI=1S/C26H23N3O5S/c1-13(2)34-25(32)19-14(3)27-26-29(21(19)15-8-7-9-16(12-15)33-4)24(31)22(35-26)20-17-10-5-6-11-18(17)28-23(20)30/h5-13,21H,1-4H3,(H,28,30)/b22-20-/t21-/m1/s1. The van der Waals surface area contributed by atoms with Gasteiger partial charge in [-0.25, -0.2) is 9.79 Å². The number of allylic oxidation sites excluding steroid dienone is 1. The number of nitrogens with zero attached hydrogens (tertiary/aromatic N) is 2. The van der Waals surface area contributed by atoms with E-state index in [2.05, 4.69) is 10.3 Å². The van der Waals surface area contributed by atoms with Crippen LogP contribution in [-0.2, 0) is 14.3 Å². The first-order valence-corrected chi connectivity index (χ1v) is 11.9. The predicted octanol–water partition coefficient (Wildman–Crippen LogP) is 2.52. The molecule has 3 aromatic rings. The summed E-state index contributed by atoms with van der Waals surface area (Å²) < 4.78 is 12.7. The van der Waals surface area contributed by atoms with Crippen LogP contribution in [0.1, 0.15) is 37.9 Å². The zero-order valence-corrected chi connectivity index (χ0v) is 20.4. The van der Waals surface area contributed by atoms with Crippen LogP contribution in [0, 0.1) is 0 Å². The van der Waals surface area contributed by atoms with Crippen LogP contribution >= 0.6 is 11.3 Å². The van der Waals surface area contributed by atoms with Gasteiger partial charge in [-0.05, 0) is 44.5 Å². The number of carbonyl (C=O) groups is 2. The fourth-order valence-corrected chi connectivity index (χ4v) is 5.52. The molecule has 5 rings (SSSR count). The molecule has 2 aliphatic rings. The summed E-state index contributed by atoms with van der Waals surface area (Å²) in [4.78, 5) is 45.0. The lowest BCUT2D eigenvalue weighted by molar-refractivity contribution is -0.143. The van der Waals surface area contributed by atoms with Gasteiger partial charge in [0.05, 0.1) is 36.1 Å². The van der Waals surface area contributed by atoms with Gasteiger partial charge in [-0.15, -0.1) is 0 Å². The third-order valence-corrected chi connectivity index (χ3v) is 6.92. The minimum absolute atomic E-state index is 0.269. The van der Waals surface area contributed by atoms with Gasteiger partial charge < -0.3 is 14.8 Å². The van der Waals surface area contributed by atoms with Crippen LogP contribution in [0.2, 0.25) is 0 Å². The number of aromatic nitrogens is 1. The van der Waals surface area contributed by atoms with E-state index in [9.17, 15) is 14.4 Å². The third kappa shape index (κ3) is 3.77. The Labute approximate surface area is 204 Å². The Balaban J connectivity index is 1.81. The number of benzene rings is 2. The average Bonchev–Trinajstić information content (AvgIpc) is 3.32. The third-order valence-electron chi connectivity index (χ3n) is 5.87. The van der Waals surface area contributed by atoms with Crippen LogP contribution in [0.15, 0.2) is 69.6 Å². The van der Waals surface area contributed by atoms with Crippen LogP contribution in [0.3, 0.4) is 0 Å². The molecule has 0 radical (unpaired) electrons. The second-order valence-electron chi connectivity index (χ2n) is 8.51. The molecule has 0 unspecified atom stereocenters. The summed E-state index contributed by atoms with van der Waals surface area (Å²) in [6.45, 7) is 5.25. The number of amides is 1. The molecule has 3 heterocycles. The summed E-state index contributed by atoms with van der Waals surface area (Å²) >= 11 is 1.13. The first-order chi connectivity index (χ1) is 16.8. The molecule has 0 spiro atoms. The second-order valence-corrected chi connectivity index (χ2v) is 9.49. The normalized spacial score (nSPS) is 18.1. The van der Waals surface area contributed by atoms with E-state index in [4.69, 9.17) is 9.47 Å². The maximum absolute atomic E-state index is 13.9. The van der Waals surface area contributed by atoms with Crippen molar-refractivity contribution in [3.8, 4) is 5.75 Å². The van der Waals surface area contributed by atoms with Crippen molar-refractivity contribution in [2.24, 2.45) is 4.99 Å². The van der Waals surface area contributed by atoms with Crippen molar-refractivity contribution in [3.05, 3.63) is 90.6 Å². The molecule has 2 aliphatic heterocycles. The molecule has 1 N–H and O–H groups in total. The summed E-state index contributed by atoms with van der Waals surface area (Å²) in [5.74, 6) is -0.303. The van der Waals surface area contributed by atoms with Gasteiger partial charge in [0, 0.05) is 11.3 Å². The van der Waals surface area contributed by atoms with E-state index >= 15 is 0 Å². The van der Waals surface area contributed by atoms with Crippen LogP contribution in [0.5, 0.6) is 5.75 Å². The lowest BCUT2D eigenvalue weighted by Crippen LogP contribution is -2.40. The Kier molecular flexibility index (Phi) is 5.64. The lowest BCUT2D eigenvalue weighted by Gasteiger charge is -2.25. The fourth-order valence-electron chi connectivity index (χ4n) is 4.38. The summed E-state index contributed by atoms with van der Waals surface area (Å²) in [7, 11) is 1.55. The number of methoxy groups -OCH3 is 1. The fraction of sp³-hybridized carbons (Fsp3) is 0.231. The molecule has 0 aliphatic carbocycles. The largest absolute Gasteiger partial charge is 0.497 e. The molecule has 0 bridgehead atoms. The Morgan fingerprint density at radius 3 is 2.66 bits per heavy atom. The van der Waals surface area contributed by atoms with E-state index in [1.165, 1.54) is 4.57 Å². The van der Waals surface area contributed by atoms with Crippen molar-refractivity contribution in [2.45, 2.75) is 32.9 Å². The topological polar surface area (TPSA) is 99.0 Å². The molecule has 0 fully saturated rings. The van der Waals surface area contributed by atoms with Gasteiger partial charge in [-0.3, -0.25) is 14.2 Å². The SMILES string of the molecule is COc1cccc([C@@H]2C(C(=O)OC(C)C)=C(C)N=c3s/c(=C4\C(=O)Nc5ccccc54)c(=O)n32)c1. The number of ether oxygens (including phenoxy) is 2. The van der Waals surface area contributed by atoms with Gasteiger partial charge in [-0.2, -0.15) is 0 Å². The van der Waals surface area contributed by atoms with E-state index in [1.807, 2.05) is 18.2 Å². The first kappa shape index (κ1) is 22.8. The van der Waals surface area contributed by atoms with Gasteiger partial charge in [0.1, 0.15) is 10.3 Å². The molecular formula is C26H23N3O5S. The quantitative estimate of drug-likeness (QED) is 0.568. The number of carbonyl (C=O) groups excluding carboxylic acids is 2. The number of anilines is 1. The smallest absolute Gasteiger partial charge is 0.338 e. The monoisotopic (exact) mass is 489 g/mol. The zero-order chi connectivity index (χ0) is 24.9. The number of esters is 1. The van der Waals surface area contributed by atoms with Gasteiger partial charge in [0.2, 0.25) is 0 Å². The Hall–Kier alpha value is -3.98. The van der Waals surface area contributed by atoms with Crippen LogP contribution in [-0.4, -0.2) is 29.7 Å². The average molecular weight is 490 g/mol. The highest BCUT2D eigenvalue weighted by molar-refractivity contribution is 7.07. The summed E-state index contributed by atoms with van der Waals surface area (Å²) in [6.07, 6.45) is -0.348. The maximum atomic E-state index is 13.9. The lowest BCUT2D eigenvalue weighted by atomic mass is 9.95. The molecule has 178 valence electrons. The molecule has 35 heavy (non-hydrogen) atoms. The first-order valence-electron chi connectivity index (χ1n) is 11.1. The maximum Gasteiger partial charge on any atom is 0.338 e. The molecular weight excluding hydrogens is 466 g/mol. The molecule has 1 amide bonds. The van der Waals surface area contributed by atoms with Crippen molar-refractivity contribution in [1.29, 1.82) is 0 Å².